The van der Waals surface area contributed by atoms with Gasteiger partial charge in [0.15, 0.2) is 0 Å². The standard InChI is InChI=1S/2C18H15As.C14H9NO2.4F3P.2Rh/c2*1-4-10-16(11-5-1)19(17-12-6-2-7-13-17)18-14-8-3-9-15-18;16-15(17)14-10-8-13(9-11-14)7-6-12-4-2-1-3-5-12;4*1-4(2)3;;/h2*1-15H;1-5,8-11H;;;;;;. The summed E-state index contributed by atoms with van der Waals surface area (Å²) in [6.45, 7) is 0. The number of hydrogen-bond donors (Lipinski definition) is 0. The molecule has 0 aliphatic rings. The molecule has 0 heterocycles. The summed E-state index contributed by atoms with van der Waals surface area (Å²) in [4.78, 5) is 10.0. The number of halogens is 12. The zero-order chi connectivity index (χ0) is 52.2. The van der Waals surface area contributed by atoms with E-state index in [4.69, 9.17) is 0 Å². The van der Waals surface area contributed by atoms with Crippen LogP contribution in [0.2, 0.25) is 0 Å². The van der Waals surface area contributed by atoms with Crippen molar-refractivity contribution >= 4 is 96.5 Å². The molecule has 23 heteroatoms. The molecule has 8 rings (SSSR count). The summed E-state index contributed by atoms with van der Waals surface area (Å²) in [5.41, 5.74) is 1.76. The van der Waals surface area contributed by atoms with Crippen molar-refractivity contribution in [2.24, 2.45) is 0 Å². The van der Waals surface area contributed by atoms with Gasteiger partial charge in [0.25, 0.3) is 5.69 Å². The number of hydrogen-bond acceptors (Lipinski definition) is 2. The fourth-order valence-electron chi connectivity index (χ4n) is 5.69. The Morgan fingerprint density at radius 1 is 0.301 bits per heavy atom. The molecule has 0 bridgehead atoms. The first-order chi connectivity index (χ1) is 34.1. The third kappa shape index (κ3) is 32.8. The Labute approximate surface area is 456 Å². The summed E-state index contributed by atoms with van der Waals surface area (Å²) >= 11 is -2.78. The molecular formula is C50H39As2F12NO2P4Rh2. The van der Waals surface area contributed by atoms with Crippen molar-refractivity contribution in [3.63, 3.8) is 0 Å². The summed E-state index contributed by atoms with van der Waals surface area (Å²) in [5, 5.41) is 10.5. The minimum atomic E-state index is -4.12. The van der Waals surface area contributed by atoms with Gasteiger partial charge in [-0.3, -0.25) is 10.1 Å². The second-order valence-corrected chi connectivity index (χ2v) is 23.7. The van der Waals surface area contributed by atoms with Crippen LogP contribution in [0.1, 0.15) is 11.1 Å². The van der Waals surface area contributed by atoms with Gasteiger partial charge in [0.1, 0.15) is 0 Å². The van der Waals surface area contributed by atoms with Gasteiger partial charge in [0.05, 0.1) is 4.92 Å². The van der Waals surface area contributed by atoms with E-state index < -0.39 is 69.6 Å². The van der Waals surface area contributed by atoms with E-state index in [9.17, 15) is 60.5 Å². The van der Waals surface area contributed by atoms with Crippen molar-refractivity contribution in [1.82, 2.24) is 0 Å². The molecule has 73 heavy (non-hydrogen) atoms. The van der Waals surface area contributed by atoms with E-state index in [0.717, 1.165) is 11.1 Å². The first kappa shape index (κ1) is 69.0. The van der Waals surface area contributed by atoms with E-state index in [2.05, 4.69) is 194 Å². The zero-order valence-corrected chi connectivity index (χ0v) is 47.8. The summed E-state index contributed by atoms with van der Waals surface area (Å²) in [6.07, 6.45) is 0. The molecule has 0 unspecified atom stereocenters. The number of nitrogens with zero attached hydrogens (tertiary/aromatic N) is 1. The summed E-state index contributed by atoms with van der Waals surface area (Å²) < 4.78 is 126. The van der Waals surface area contributed by atoms with E-state index >= 15 is 0 Å². The van der Waals surface area contributed by atoms with Crippen LogP contribution in [0, 0.1) is 22.0 Å². The Morgan fingerprint density at radius 3 is 0.644 bits per heavy atom. The van der Waals surface area contributed by atoms with Gasteiger partial charge in [0, 0.05) is 62.2 Å². The zero-order valence-electron chi connectivity index (χ0n) is 37.2. The fraction of sp³-hybridized carbons (Fsp3) is 0. The normalized spacial score (nSPS) is 9.62. The predicted octanol–water partition coefficient (Wildman–Crippen LogP) is 15.9. The molecule has 0 amide bonds. The van der Waals surface area contributed by atoms with Gasteiger partial charge < -0.3 is 0 Å². The van der Waals surface area contributed by atoms with Gasteiger partial charge >= 0.3 is 273 Å². The number of benzene rings is 8. The molecule has 0 spiro atoms. The predicted molar refractivity (Wildman–Crippen MR) is 274 cm³/mol. The Bertz CT molecular complexity index is 2320. The monoisotopic (exact) mass is 1390 g/mol. The van der Waals surface area contributed by atoms with Gasteiger partial charge in [-0.1, -0.05) is 30.0 Å². The second kappa shape index (κ2) is 42.2. The Balaban J connectivity index is 0.000000917. The number of nitro groups is 1. The van der Waals surface area contributed by atoms with E-state index in [-0.39, 0.29) is 44.6 Å². The second-order valence-electron chi connectivity index (χ2n) is 12.9. The van der Waals surface area contributed by atoms with E-state index in [1.54, 1.807) is 12.1 Å². The van der Waals surface area contributed by atoms with Crippen molar-refractivity contribution in [3.8, 4) is 11.8 Å². The SMILES string of the molecule is FP(F)F.FP(F)F.FP(F)F.FP(F)F.O=[N+]([O-])c1ccc(C#Cc2ccccc2)cc1.[Rh].[Rh].c1ccc([As](c2ccccc2)c2ccccc2)cc1.c1ccc([As](c2ccccc2)c2ccccc2)cc1. The molecule has 0 atom stereocenters. The van der Waals surface area contributed by atoms with Crippen molar-refractivity contribution < 1.29 is 94.2 Å². The molecule has 3 nitrogen and oxygen atoms in total. The molecular weight excluding hydrogens is 1350 g/mol. The van der Waals surface area contributed by atoms with Gasteiger partial charge in [-0.05, 0) is 24.3 Å². The van der Waals surface area contributed by atoms with Gasteiger partial charge in [-0.25, -0.2) is 0 Å². The van der Waals surface area contributed by atoms with Crippen LogP contribution in [-0.4, -0.2) is 34.2 Å². The third-order valence-electron chi connectivity index (χ3n) is 8.29. The van der Waals surface area contributed by atoms with E-state index in [0.29, 0.717) is 0 Å². The topological polar surface area (TPSA) is 43.1 Å². The molecule has 0 aliphatic carbocycles. The Hall–Kier alpha value is -4.04. The molecule has 0 fully saturated rings. The van der Waals surface area contributed by atoms with Crippen molar-refractivity contribution in [2.75, 3.05) is 0 Å². The van der Waals surface area contributed by atoms with Crippen LogP contribution in [0.4, 0.5) is 56.1 Å². The van der Waals surface area contributed by atoms with Crippen LogP contribution >= 0.6 is 35.4 Å². The molecule has 0 aromatic heterocycles. The summed E-state index contributed by atoms with van der Waals surface area (Å²) in [5.74, 6) is 5.94. The average Bonchev–Trinajstić information content (AvgIpc) is 3.36. The molecule has 2 radical (unpaired) electrons. The van der Waals surface area contributed by atoms with Crippen LogP contribution < -0.4 is 26.1 Å². The van der Waals surface area contributed by atoms with Crippen LogP contribution in [0.25, 0.3) is 0 Å². The van der Waals surface area contributed by atoms with Gasteiger partial charge in [-0.2, -0.15) is 50.4 Å². The molecule has 8 aromatic rings. The fourth-order valence-corrected chi connectivity index (χ4v) is 15.4. The number of rotatable bonds is 7. The quantitative estimate of drug-likeness (QED) is 0.0399. The van der Waals surface area contributed by atoms with Crippen LogP contribution in [0.3, 0.4) is 0 Å². The van der Waals surface area contributed by atoms with Gasteiger partial charge in [-0.15, -0.1) is 0 Å². The first-order valence-electron chi connectivity index (χ1n) is 19.9. The molecule has 388 valence electrons. The third-order valence-corrected chi connectivity index (χ3v) is 18.5. The first-order valence-corrected chi connectivity index (χ1v) is 29.6. The summed E-state index contributed by atoms with van der Waals surface area (Å²) in [7, 11) is -16.5. The Morgan fingerprint density at radius 2 is 0.466 bits per heavy atom. The molecule has 0 saturated heterocycles. The van der Waals surface area contributed by atoms with Crippen molar-refractivity contribution in [1.29, 1.82) is 0 Å². The van der Waals surface area contributed by atoms with E-state index in [1.165, 1.54) is 38.2 Å². The van der Waals surface area contributed by atoms with Gasteiger partial charge in [0.2, 0.25) is 0 Å². The maximum absolute atomic E-state index is 10.5. The van der Waals surface area contributed by atoms with Crippen molar-refractivity contribution in [3.05, 3.63) is 258 Å². The number of non-ortho nitro benzene ring substituents is 1. The minimum absolute atomic E-state index is 0. The molecule has 0 N–H and O–H groups in total. The maximum atomic E-state index is 10.5. The van der Waals surface area contributed by atoms with Crippen LogP contribution in [0.15, 0.2) is 237 Å². The average molecular weight is 1390 g/mol. The number of nitro benzene ring substituents is 1. The van der Waals surface area contributed by atoms with Crippen LogP contribution in [0.5, 0.6) is 0 Å². The summed E-state index contributed by atoms with van der Waals surface area (Å²) in [6, 6.07) is 81.2. The molecule has 0 aliphatic heterocycles. The molecule has 0 saturated carbocycles. The van der Waals surface area contributed by atoms with Crippen LogP contribution in [-0.2, 0) is 39.0 Å². The van der Waals surface area contributed by atoms with E-state index in [1.807, 2.05) is 30.3 Å². The Kier molecular flexibility index (Phi) is 39.9. The molecule has 8 aromatic carbocycles. The van der Waals surface area contributed by atoms with Crippen molar-refractivity contribution in [2.45, 2.75) is 0 Å².